The molecule has 0 saturated carbocycles. The molecular formula is C20H22N2O10. The van der Waals surface area contributed by atoms with Crippen LogP contribution >= 0.6 is 0 Å². The lowest BCUT2D eigenvalue weighted by Crippen LogP contribution is -2.45. The Morgan fingerprint density at radius 2 is 1.69 bits per heavy atom. The van der Waals surface area contributed by atoms with Crippen molar-refractivity contribution in [2.45, 2.75) is 63.7 Å². The van der Waals surface area contributed by atoms with Gasteiger partial charge in [0, 0.05) is 12.1 Å². The number of benzene rings is 1. The van der Waals surface area contributed by atoms with Crippen LogP contribution in [0.5, 0.6) is 0 Å². The molecule has 0 spiro atoms. The van der Waals surface area contributed by atoms with E-state index in [4.69, 9.17) is 30.1 Å². The lowest BCUT2D eigenvalue weighted by atomic mass is 10.0. The summed E-state index contributed by atoms with van der Waals surface area (Å²) in [5, 5.41) is 22.2. The van der Waals surface area contributed by atoms with E-state index in [9.17, 15) is 25.0 Å². The van der Waals surface area contributed by atoms with E-state index < -0.39 is 68.7 Å². The monoisotopic (exact) mass is 450 g/mol. The third-order valence-corrected chi connectivity index (χ3v) is 4.82. The van der Waals surface area contributed by atoms with E-state index in [1.54, 1.807) is 27.7 Å². The summed E-state index contributed by atoms with van der Waals surface area (Å²) in [6, 6.07) is 2.47. The molecule has 172 valence electrons. The molecule has 2 aliphatic heterocycles. The number of non-ortho nitro benzene ring substituents is 2. The highest BCUT2D eigenvalue weighted by molar-refractivity contribution is 5.91. The van der Waals surface area contributed by atoms with Gasteiger partial charge in [-0.05, 0) is 27.7 Å². The van der Waals surface area contributed by atoms with Crippen LogP contribution in [0.4, 0.5) is 11.4 Å². The first kappa shape index (κ1) is 23.6. The second-order valence-corrected chi connectivity index (χ2v) is 8.18. The SMILES string of the molecule is C#C[C@@H](OC(=O)c1cc([N+](=O)[O-])cc([N+](=O)[O-])c1)[C@@H]1OC(C)(C)O[C@@H]1[C@@H]1COC(C)(C)O1. The summed E-state index contributed by atoms with van der Waals surface area (Å²) < 4.78 is 28.5. The largest absolute Gasteiger partial charge is 0.443 e. The number of nitro groups is 2. The zero-order valence-electron chi connectivity index (χ0n) is 17.8. The standard InChI is InChI=1S/C20H22N2O10/c1-6-14(16-17(32-20(4,5)31-16)15-10-28-19(2,3)30-15)29-18(23)11-7-12(21(24)25)9-13(8-11)22(26)27/h1,7-9,14-17H,10H2,2-5H3/t14-,15+,16+,17-/m1/s1. The molecule has 0 bridgehead atoms. The Kier molecular flexibility index (Phi) is 6.21. The van der Waals surface area contributed by atoms with Crippen LogP contribution in [0, 0.1) is 32.6 Å². The summed E-state index contributed by atoms with van der Waals surface area (Å²) >= 11 is 0. The van der Waals surface area contributed by atoms with Crippen LogP contribution in [0.2, 0.25) is 0 Å². The van der Waals surface area contributed by atoms with E-state index in [0.717, 1.165) is 18.2 Å². The lowest BCUT2D eigenvalue weighted by molar-refractivity contribution is -0.394. The molecule has 12 nitrogen and oxygen atoms in total. The molecule has 3 rings (SSSR count). The van der Waals surface area contributed by atoms with Gasteiger partial charge in [-0.3, -0.25) is 20.2 Å². The van der Waals surface area contributed by atoms with Crippen molar-refractivity contribution in [2.75, 3.05) is 6.61 Å². The summed E-state index contributed by atoms with van der Waals surface area (Å²) in [6.45, 7) is 6.96. The maximum atomic E-state index is 12.7. The summed E-state index contributed by atoms with van der Waals surface area (Å²) in [4.78, 5) is 33.2. The molecule has 0 N–H and O–H groups in total. The third kappa shape index (κ3) is 5.03. The number of ether oxygens (including phenoxy) is 5. The molecule has 0 unspecified atom stereocenters. The van der Waals surface area contributed by atoms with Gasteiger partial charge < -0.3 is 23.7 Å². The topological polar surface area (TPSA) is 150 Å². The Bertz CT molecular complexity index is 951. The molecule has 1 aromatic carbocycles. The second-order valence-electron chi connectivity index (χ2n) is 8.18. The number of rotatable bonds is 6. The molecule has 4 atom stereocenters. The zero-order valence-corrected chi connectivity index (χ0v) is 17.8. The van der Waals surface area contributed by atoms with Crippen LogP contribution < -0.4 is 0 Å². The van der Waals surface area contributed by atoms with Gasteiger partial charge in [0.1, 0.15) is 18.3 Å². The Morgan fingerprint density at radius 3 is 2.16 bits per heavy atom. The molecule has 12 heteroatoms. The smallest absolute Gasteiger partial charge is 0.339 e. The molecule has 0 amide bonds. The molecule has 2 saturated heterocycles. The Labute approximate surface area is 183 Å². The van der Waals surface area contributed by atoms with E-state index in [-0.39, 0.29) is 6.61 Å². The third-order valence-electron chi connectivity index (χ3n) is 4.82. The Morgan fingerprint density at radius 1 is 1.09 bits per heavy atom. The number of carbonyl (C=O) groups excluding carboxylic acids is 1. The maximum Gasteiger partial charge on any atom is 0.339 e. The summed E-state index contributed by atoms with van der Waals surface area (Å²) in [7, 11) is 0. The van der Waals surface area contributed by atoms with E-state index in [2.05, 4.69) is 5.92 Å². The minimum absolute atomic E-state index is 0.190. The van der Waals surface area contributed by atoms with Crippen molar-refractivity contribution in [3.05, 3.63) is 44.0 Å². The van der Waals surface area contributed by atoms with Gasteiger partial charge in [0.2, 0.25) is 0 Å². The van der Waals surface area contributed by atoms with Crippen molar-refractivity contribution in [3.8, 4) is 12.3 Å². The average Bonchev–Trinajstić information content (AvgIpc) is 3.23. The first-order chi connectivity index (χ1) is 14.8. The molecule has 2 fully saturated rings. The number of terminal acetylenes is 1. The van der Waals surface area contributed by atoms with Crippen molar-refractivity contribution in [3.63, 3.8) is 0 Å². The van der Waals surface area contributed by atoms with Crippen LogP contribution in [0.1, 0.15) is 38.1 Å². The summed E-state index contributed by atoms with van der Waals surface area (Å²) in [6.07, 6.45) is 2.05. The zero-order chi connectivity index (χ0) is 23.8. The number of nitro benzene ring substituents is 2. The van der Waals surface area contributed by atoms with Gasteiger partial charge in [-0.2, -0.15) is 0 Å². The van der Waals surface area contributed by atoms with Crippen molar-refractivity contribution >= 4 is 17.3 Å². The summed E-state index contributed by atoms with van der Waals surface area (Å²) in [5.41, 5.74) is -1.68. The predicted octanol–water partition coefficient (Wildman–Crippen LogP) is 2.33. The first-order valence-corrected chi connectivity index (χ1v) is 9.60. The van der Waals surface area contributed by atoms with E-state index in [0.29, 0.717) is 0 Å². The van der Waals surface area contributed by atoms with Gasteiger partial charge >= 0.3 is 5.97 Å². The second kappa shape index (κ2) is 8.44. The molecule has 32 heavy (non-hydrogen) atoms. The Hall–Kier alpha value is -3.11. The lowest BCUT2D eigenvalue weighted by Gasteiger charge is -2.26. The van der Waals surface area contributed by atoms with Crippen LogP contribution in [-0.2, 0) is 23.7 Å². The number of nitrogens with zero attached hydrogens (tertiary/aromatic N) is 2. The molecule has 2 aliphatic rings. The van der Waals surface area contributed by atoms with Gasteiger partial charge in [0.05, 0.1) is 28.1 Å². The van der Waals surface area contributed by atoms with Crippen molar-refractivity contribution in [1.82, 2.24) is 0 Å². The fourth-order valence-electron chi connectivity index (χ4n) is 3.52. The normalized spacial score (nSPS) is 26.8. The van der Waals surface area contributed by atoms with Gasteiger partial charge in [-0.1, -0.05) is 5.92 Å². The molecule has 2 heterocycles. The highest BCUT2D eigenvalue weighted by Crippen LogP contribution is 2.37. The average molecular weight is 450 g/mol. The van der Waals surface area contributed by atoms with Gasteiger partial charge in [-0.15, -0.1) is 6.42 Å². The minimum atomic E-state index is -1.28. The number of hydrogen-bond acceptors (Lipinski definition) is 10. The van der Waals surface area contributed by atoms with Crippen LogP contribution in [0.3, 0.4) is 0 Å². The number of esters is 1. The van der Waals surface area contributed by atoms with E-state index in [1.165, 1.54) is 0 Å². The quantitative estimate of drug-likeness (QED) is 0.273. The van der Waals surface area contributed by atoms with Crippen LogP contribution in [0.25, 0.3) is 0 Å². The van der Waals surface area contributed by atoms with Crippen LogP contribution in [-0.4, -0.2) is 58.4 Å². The molecule has 0 aromatic heterocycles. The Balaban J connectivity index is 1.85. The molecular weight excluding hydrogens is 428 g/mol. The van der Waals surface area contributed by atoms with Crippen molar-refractivity contribution in [1.29, 1.82) is 0 Å². The van der Waals surface area contributed by atoms with Crippen molar-refractivity contribution < 1.29 is 38.3 Å². The summed E-state index contributed by atoms with van der Waals surface area (Å²) in [5.74, 6) is -0.692. The predicted molar refractivity (Wildman–Crippen MR) is 107 cm³/mol. The highest BCUT2D eigenvalue weighted by atomic mass is 16.8. The minimum Gasteiger partial charge on any atom is -0.443 e. The van der Waals surface area contributed by atoms with Crippen LogP contribution in [0.15, 0.2) is 18.2 Å². The molecule has 0 aliphatic carbocycles. The number of carbonyl (C=O) groups is 1. The highest BCUT2D eigenvalue weighted by Gasteiger charge is 2.53. The fraction of sp³-hybridized carbons (Fsp3) is 0.550. The van der Waals surface area contributed by atoms with Gasteiger partial charge in [0.25, 0.3) is 11.4 Å². The van der Waals surface area contributed by atoms with E-state index in [1.807, 2.05) is 0 Å². The van der Waals surface area contributed by atoms with Crippen molar-refractivity contribution in [2.24, 2.45) is 0 Å². The molecule has 0 radical (unpaired) electrons. The first-order valence-electron chi connectivity index (χ1n) is 9.60. The molecule has 1 aromatic rings. The maximum absolute atomic E-state index is 12.7. The van der Waals surface area contributed by atoms with Gasteiger partial charge in [-0.25, -0.2) is 4.79 Å². The van der Waals surface area contributed by atoms with E-state index >= 15 is 0 Å². The van der Waals surface area contributed by atoms with Gasteiger partial charge in [0.15, 0.2) is 17.7 Å². The number of hydrogen-bond donors (Lipinski definition) is 0. The fourth-order valence-corrected chi connectivity index (χ4v) is 3.52.